The molecule has 4 heterocycles. The van der Waals surface area contributed by atoms with Gasteiger partial charge in [0.1, 0.15) is 41.6 Å². The second kappa shape index (κ2) is 15.5. The first-order chi connectivity index (χ1) is 27.7. The first-order valence-corrected chi connectivity index (χ1v) is 19.8. The molecule has 2 N–H and O–H groups in total. The zero-order valence-electron chi connectivity index (χ0n) is 32.2. The Balaban J connectivity index is 1.07. The van der Waals surface area contributed by atoms with Crippen molar-refractivity contribution in [3.8, 4) is 5.75 Å². The SMILES string of the molecule is C[C@@H]1O[C@H](C(F)(F)F)CN(C2CC3(CCN(C(=O)OCc4ccccc4)CC3)Oc3cc(NC(=O)[C@@H](NC(=O)c4ccnn4C)C(C4CC4)C4CC4)c(F)cc32)C1=O. The molecule has 58 heavy (non-hydrogen) atoms. The molecule has 3 aliphatic heterocycles. The number of amides is 4. The molecule has 1 aromatic heterocycles. The van der Waals surface area contributed by atoms with Gasteiger partial charge in [-0.3, -0.25) is 19.1 Å². The summed E-state index contributed by atoms with van der Waals surface area (Å²) in [5.41, 5.74) is -0.118. The number of likely N-dealkylation sites (tertiary alicyclic amines) is 1. The Morgan fingerprint density at radius 1 is 1.03 bits per heavy atom. The quantitative estimate of drug-likeness (QED) is 0.241. The summed E-state index contributed by atoms with van der Waals surface area (Å²) < 4.78 is 77.2. The first kappa shape index (κ1) is 39.6. The number of carbonyl (C=O) groups is 4. The fourth-order valence-electron chi connectivity index (χ4n) is 8.80. The maximum absolute atomic E-state index is 16.3. The average molecular weight is 811 g/mol. The molecule has 8 rings (SSSR count). The van der Waals surface area contributed by atoms with Gasteiger partial charge in [0.15, 0.2) is 6.10 Å². The van der Waals surface area contributed by atoms with Crippen LogP contribution in [0.2, 0.25) is 0 Å². The van der Waals surface area contributed by atoms with Crippen molar-refractivity contribution in [2.24, 2.45) is 24.8 Å². The minimum atomic E-state index is -4.77. The summed E-state index contributed by atoms with van der Waals surface area (Å²) in [6.45, 7) is 0.872. The molecule has 2 saturated carbocycles. The largest absolute Gasteiger partial charge is 0.487 e. The third-order valence-corrected chi connectivity index (χ3v) is 12.2. The number of rotatable bonds is 10. The van der Waals surface area contributed by atoms with E-state index in [1.807, 2.05) is 30.3 Å². The van der Waals surface area contributed by atoms with Crippen LogP contribution in [0.1, 0.15) is 79.5 Å². The molecular weight excluding hydrogens is 764 g/mol. The Morgan fingerprint density at radius 3 is 2.34 bits per heavy atom. The summed E-state index contributed by atoms with van der Waals surface area (Å²) in [7, 11) is 1.61. The first-order valence-electron chi connectivity index (χ1n) is 19.8. The molecule has 5 aliphatic rings. The topological polar surface area (TPSA) is 144 Å². The fourth-order valence-corrected chi connectivity index (χ4v) is 8.80. The number of nitrogens with zero attached hydrogens (tertiary/aromatic N) is 4. The molecule has 4 fully saturated rings. The van der Waals surface area contributed by atoms with E-state index in [0.29, 0.717) is 0 Å². The van der Waals surface area contributed by atoms with Gasteiger partial charge in [0, 0.05) is 57.2 Å². The number of aromatic nitrogens is 2. The lowest BCUT2D eigenvalue weighted by atomic mass is 9.79. The van der Waals surface area contributed by atoms with Crippen LogP contribution in [0.4, 0.5) is 28.0 Å². The lowest BCUT2D eigenvalue weighted by Crippen LogP contribution is -2.59. The number of carbonyl (C=O) groups excluding carboxylic acids is 4. The maximum Gasteiger partial charge on any atom is 0.416 e. The van der Waals surface area contributed by atoms with Gasteiger partial charge < -0.3 is 34.6 Å². The number of alkyl halides is 3. The van der Waals surface area contributed by atoms with Crippen molar-refractivity contribution in [1.29, 1.82) is 0 Å². The summed E-state index contributed by atoms with van der Waals surface area (Å²) in [5, 5.41) is 9.66. The van der Waals surface area contributed by atoms with E-state index in [1.54, 1.807) is 7.05 Å². The predicted octanol–water partition coefficient (Wildman–Crippen LogP) is 5.91. The fraction of sp³-hybridized carbons (Fsp3) is 0.537. The van der Waals surface area contributed by atoms with Crippen LogP contribution < -0.4 is 15.4 Å². The van der Waals surface area contributed by atoms with Crippen molar-refractivity contribution in [1.82, 2.24) is 24.9 Å². The maximum atomic E-state index is 16.3. The normalized spacial score (nSPS) is 23.6. The summed E-state index contributed by atoms with van der Waals surface area (Å²) in [4.78, 5) is 56.9. The zero-order chi connectivity index (χ0) is 40.9. The molecule has 0 radical (unpaired) electrons. The van der Waals surface area contributed by atoms with Crippen LogP contribution in [0.5, 0.6) is 5.75 Å². The summed E-state index contributed by atoms with van der Waals surface area (Å²) in [6, 6.07) is 11.1. The highest BCUT2D eigenvalue weighted by Gasteiger charge is 2.53. The number of morpholine rings is 1. The number of fused-ring (bicyclic) bond motifs is 1. The highest BCUT2D eigenvalue weighted by Crippen LogP contribution is 2.52. The molecular formula is C41H46F4N6O7. The van der Waals surface area contributed by atoms with Gasteiger partial charge in [-0.1, -0.05) is 30.3 Å². The highest BCUT2D eigenvalue weighted by atomic mass is 19.4. The highest BCUT2D eigenvalue weighted by molar-refractivity contribution is 6.01. The summed E-state index contributed by atoms with van der Waals surface area (Å²) in [6.07, 6.45) is -3.41. The standard InChI is InChI=1S/C41H46F4N6O7/c1-23-38(54)51(21-33(57-23)41(43,44)45)31-20-40(13-16-50(17-14-40)39(55)56-22-24-6-4-3-5-7-24)58-32-19-29(28(42)18-27(31)32)47-37(53)35(34(25-8-9-25)26-10-11-26)48-36(52)30-12-15-46-49(30)2/h3-7,12,15,18-19,23,25-26,31,33-35H,8-11,13-14,16-17,20-22H2,1-2H3,(H,47,53)(H,48,52)/t23-,31?,33-,35-/m0/s1. The molecule has 1 unspecified atom stereocenters. The molecule has 17 heteroatoms. The number of halogens is 4. The lowest BCUT2D eigenvalue weighted by molar-refractivity contribution is -0.250. The number of anilines is 1. The van der Waals surface area contributed by atoms with Crippen LogP contribution in [-0.4, -0.2) is 93.1 Å². The predicted molar refractivity (Wildman–Crippen MR) is 199 cm³/mol. The summed E-state index contributed by atoms with van der Waals surface area (Å²) >= 11 is 0. The van der Waals surface area contributed by atoms with E-state index in [4.69, 9.17) is 14.2 Å². The van der Waals surface area contributed by atoms with E-state index in [-0.39, 0.29) is 79.4 Å². The molecule has 4 amide bonds. The van der Waals surface area contributed by atoms with Crippen molar-refractivity contribution in [3.63, 3.8) is 0 Å². The average Bonchev–Trinajstić information content (AvgIpc) is 4.15. The van der Waals surface area contributed by atoms with Crippen LogP contribution >= 0.6 is 0 Å². The van der Waals surface area contributed by atoms with E-state index in [0.717, 1.165) is 42.2 Å². The summed E-state index contributed by atoms with van der Waals surface area (Å²) in [5.74, 6) is -2.32. The van der Waals surface area contributed by atoms with Gasteiger partial charge >= 0.3 is 12.3 Å². The van der Waals surface area contributed by atoms with Gasteiger partial charge in [-0.05, 0) is 68.1 Å². The van der Waals surface area contributed by atoms with E-state index in [1.165, 1.54) is 34.8 Å². The van der Waals surface area contributed by atoms with E-state index < -0.39 is 72.2 Å². The number of hydrogen-bond donors (Lipinski definition) is 2. The lowest BCUT2D eigenvalue weighted by Gasteiger charge is -2.50. The van der Waals surface area contributed by atoms with Gasteiger partial charge in [-0.25, -0.2) is 9.18 Å². The van der Waals surface area contributed by atoms with Crippen LogP contribution in [0.15, 0.2) is 54.7 Å². The van der Waals surface area contributed by atoms with E-state index >= 15 is 4.39 Å². The Labute approximate surface area is 332 Å². The van der Waals surface area contributed by atoms with Gasteiger partial charge in [0.05, 0.1) is 18.3 Å². The van der Waals surface area contributed by atoms with Crippen molar-refractivity contribution in [2.75, 3.05) is 25.0 Å². The Morgan fingerprint density at radius 2 is 1.72 bits per heavy atom. The second-order valence-electron chi connectivity index (χ2n) is 16.2. The molecule has 1 spiro atoms. The van der Waals surface area contributed by atoms with Gasteiger partial charge in [0.2, 0.25) is 5.91 Å². The smallest absolute Gasteiger partial charge is 0.416 e. The Bertz CT molecular complexity index is 2030. The third-order valence-electron chi connectivity index (χ3n) is 12.2. The number of piperidine rings is 1. The van der Waals surface area contributed by atoms with Crippen molar-refractivity contribution in [2.45, 2.75) is 94.5 Å². The van der Waals surface area contributed by atoms with Crippen LogP contribution in [0.3, 0.4) is 0 Å². The molecule has 0 bridgehead atoms. The van der Waals surface area contributed by atoms with E-state index in [2.05, 4.69) is 15.7 Å². The van der Waals surface area contributed by atoms with Crippen LogP contribution in [-0.2, 0) is 32.7 Å². The molecule has 3 aromatic rings. The monoisotopic (exact) mass is 810 g/mol. The van der Waals surface area contributed by atoms with Crippen LogP contribution in [0, 0.1) is 23.6 Å². The number of hydrogen-bond acceptors (Lipinski definition) is 8. The van der Waals surface area contributed by atoms with Crippen molar-refractivity contribution >= 4 is 29.5 Å². The van der Waals surface area contributed by atoms with Crippen molar-refractivity contribution < 1.29 is 51.0 Å². The second-order valence-corrected chi connectivity index (χ2v) is 16.2. The van der Waals surface area contributed by atoms with Crippen LogP contribution in [0.25, 0.3) is 0 Å². The molecule has 2 aliphatic carbocycles. The minimum absolute atomic E-state index is 0.0215. The molecule has 2 aromatic carbocycles. The minimum Gasteiger partial charge on any atom is -0.487 e. The Hall–Kier alpha value is -5.19. The Kier molecular flexibility index (Phi) is 10.6. The molecule has 2 saturated heterocycles. The van der Waals surface area contributed by atoms with Gasteiger partial charge in [-0.15, -0.1) is 0 Å². The molecule has 13 nitrogen and oxygen atoms in total. The number of benzene rings is 2. The zero-order valence-corrected chi connectivity index (χ0v) is 32.2. The number of nitrogens with one attached hydrogen (secondary N) is 2. The molecule has 310 valence electrons. The van der Waals surface area contributed by atoms with Gasteiger partial charge in [0.25, 0.3) is 11.8 Å². The van der Waals surface area contributed by atoms with E-state index in [9.17, 15) is 32.3 Å². The van der Waals surface area contributed by atoms with Gasteiger partial charge in [-0.2, -0.15) is 18.3 Å². The van der Waals surface area contributed by atoms with Crippen molar-refractivity contribution in [3.05, 3.63) is 77.4 Å². The third kappa shape index (κ3) is 8.22. The number of aryl methyl sites for hydroxylation is 1. The number of ether oxygens (including phenoxy) is 3. The molecule has 4 atom stereocenters.